The lowest BCUT2D eigenvalue weighted by molar-refractivity contribution is 0.595. The maximum Gasteiger partial charge on any atom is 0.0484 e. The maximum absolute atomic E-state index is 3.41. The third-order valence-corrected chi connectivity index (χ3v) is 3.40. The Bertz CT molecular complexity index is 265. The van der Waals surface area contributed by atoms with Gasteiger partial charge in [-0.15, -0.1) is 36.2 Å². The first-order valence-electron chi connectivity index (χ1n) is 4.37. The Kier molecular flexibility index (Phi) is 6.53. The molecule has 5 heteroatoms. The zero-order valence-electron chi connectivity index (χ0n) is 8.08. The molecule has 1 aromatic rings. The van der Waals surface area contributed by atoms with E-state index in [4.69, 9.17) is 0 Å². The Balaban J connectivity index is 0.000000845. The molecule has 0 fully saturated rings. The number of nitrogens with one attached hydrogen (secondary N) is 2. The number of thiophene rings is 1. The third kappa shape index (κ3) is 2.76. The minimum Gasteiger partial charge on any atom is -0.384 e. The van der Waals surface area contributed by atoms with E-state index >= 15 is 0 Å². The molecular weight excluding hydrogens is 239 g/mol. The number of likely N-dealkylation sites (N-methyl/N-ethyl adjacent to an activating group) is 1. The van der Waals surface area contributed by atoms with Crippen LogP contribution in [0.2, 0.25) is 0 Å². The summed E-state index contributed by atoms with van der Waals surface area (Å²) in [5.74, 6) is 0.728. The van der Waals surface area contributed by atoms with Crippen LogP contribution in [0.4, 0.5) is 5.69 Å². The summed E-state index contributed by atoms with van der Waals surface area (Å²) in [6, 6.07) is 2.18. The summed E-state index contributed by atoms with van der Waals surface area (Å²) in [6.07, 6.45) is 1.26. The van der Waals surface area contributed by atoms with Gasteiger partial charge in [-0.05, 0) is 24.9 Å². The zero-order chi connectivity index (χ0) is 8.39. The van der Waals surface area contributed by atoms with Crippen molar-refractivity contribution in [3.05, 3.63) is 16.3 Å². The van der Waals surface area contributed by atoms with Gasteiger partial charge in [0.05, 0.1) is 0 Å². The SMILES string of the molecule is CNCC1CCNc2ccsc21.Cl.Cl. The Labute approximate surface area is 101 Å². The lowest BCUT2D eigenvalue weighted by Crippen LogP contribution is -2.23. The molecule has 0 saturated carbocycles. The second-order valence-corrected chi connectivity index (χ2v) is 4.12. The predicted molar refractivity (Wildman–Crippen MR) is 68.6 cm³/mol. The van der Waals surface area contributed by atoms with E-state index in [0.29, 0.717) is 0 Å². The topological polar surface area (TPSA) is 24.1 Å². The van der Waals surface area contributed by atoms with Crippen LogP contribution in [0.3, 0.4) is 0 Å². The van der Waals surface area contributed by atoms with Gasteiger partial charge in [0.2, 0.25) is 0 Å². The fourth-order valence-electron chi connectivity index (χ4n) is 1.74. The van der Waals surface area contributed by atoms with Crippen molar-refractivity contribution in [3.63, 3.8) is 0 Å². The summed E-state index contributed by atoms with van der Waals surface area (Å²) in [5.41, 5.74) is 1.35. The van der Waals surface area contributed by atoms with E-state index in [2.05, 4.69) is 22.1 Å². The highest BCUT2D eigenvalue weighted by Gasteiger charge is 2.19. The molecule has 14 heavy (non-hydrogen) atoms. The van der Waals surface area contributed by atoms with Crippen LogP contribution in [-0.4, -0.2) is 20.1 Å². The highest BCUT2D eigenvalue weighted by molar-refractivity contribution is 7.10. The molecule has 0 bridgehead atoms. The largest absolute Gasteiger partial charge is 0.384 e. The molecule has 2 heterocycles. The first kappa shape index (κ1) is 14.0. The van der Waals surface area contributed by atoms with Crippen LogP contribution in [0.25, 0.3) is 0 Å². The third-order valence-electron chi connectivity index (χ3n) is 2.32. The first-order valence-corrected chi connectivity index (χ1v) is 5.25. The van der Waals surface area contributed by atoms with Gasteiger partial charge < -0.3 is 10.6 Å². The summed E-state index contributed by atoms with van der Waals surface area (Å²) >= 11 is 1.87. The first-order chi connectivity index (χ1) is 5.92. The molecule has 1 aliphatic rings. The average molecular weight is 255 g/mol. The minimum absolute atomic E-state index is 0. The Morgan fingerprint density at radius 1 is 1.57 bits per heavy atom. The Morgan fingerprint density at radius 3 is 3.07 bits per heavy atom. The molecule has 0 saturated heterocycles. The van der Waals surface area contributed by atoms with Gasteiger partial charge in [-0.25, -0.2) is 0 Å². The molecule has 1 aromatic heterocycles. The van der Waals surface area contributed by atoms with Crippen LogP contribution in [0, 0.1) is 0 Å². The normalized spacial score (nSPS) is 18.5. The molecule has 0 aliphatic carbocycles. The smallest absolute Gasteiger partial charge is 0.0484 e. The second kappa shape index (κ2) is 6.51. The standard InChI is InChI=1S/C9H14N2S.2ClH/c1-10-6-7-2-4-11-8-3-5-12-9(7)8;;/h3,5,7,10-11H,2,4,6H2,1H3;2*1H. The van der Waals surface area contributed by atoms with Crippen LogP contribution in [-0.2, 0) is 0 Å². The molecule has 1 atom stereocenters. The summed E-state index contributed by atoms with van der Waals surface area (Å²) in [6.45, 7) is 2.23. The van der Waals surface area contributed by atoms with Crippen molar-refractivity contribution in [2.75, 3.05) is 25.5 Å². The van der Waals surface area contributed by atoms with Crippen LogP contribution < -0.4 is 10.6 Å². The lowest BCUT2D eigenvalue weighted by atomic mass is 9.99. The molecule has 2 nitrogen and oxygen atoms in total. The van der Waals surface area contributed by atoms with Gasteiger partial charge >= 0.3 is 0 Å². The van der Waals surface area contributed by atoms with Crippen LogP contribution in [0.5, 0.6) is 0 Å². The molecule has 2 rings (SSSR count). The van der Waals surface area contributed by atoms with Crippen molar-refractivity contribution in [1.29, 1.82) is 0 Å². The van der Waals surface area contributed by atoms with Crippen LogP contribution in [0.1, 0.15) is 17.2 Å². The number of rotatable bonds is 2. The van der Waals surface area contributed by atoms with Crippen LogP contribution in [0.15, 0.2) is 11.4 Å². The summed E-state index contributed by atoms with van der Waals surface area (Å²) in [4.78, 5) is 1.52. The molecule has 1 aliphatic heterocycles. The van der Waals surface area contributed by atoms with E-state index in [1.54, 1.807) is 0 Å². The summed E-state index contributed by atoms with van der Waals surface area (Å²) < 4.78 is 0. The van der Waals surface area contributed by atoms with E-state index < -0.39 is 0 Å². The quantitative estimate of drug-likeness (QED) is 0.849. The summed E-state index contributed by atoms with van der Waals surface area (Å²) in [5, 5.41) is 8.83. The fraction of sp³-hybridized carbons (Fsp3) is 0.556. The summed E-state index contributed by atoms with van der Waals surface area (Å²) in [7, 11) is 2.02. The van der Waals surface area contributed by atoms with Gasteiger partial charge in [-0.2, -0.15) is 0 Å². The molecular formula is C9H16Cl2N2S. The minimum atomic E-state index is 0. The number of fused-ring (bicyclic) bond motifs is 1. The van der Waals surface area contributed by atoms with E-state index in [-0.39, 0.29) is 24.8 Å². The van der Waals surface area contributed by atoms with Crippen molar-refractivity contribution in [1.82, 2.24) is 5.32 Å². The highest BCUT2D eigenvalue weighted by Crippen LogP contribution is 2.35. The Hall–Kier alpha value is 0.0400. The van der Waals surface area contributed by atoms with E-state index in [9.17, 15) is 0 Å². The van der Waals surface area contributed by atoms with Crippen molar-refractivity contribution in [2.45, 2.75) is 12.3 Å². The molecule has 2 N–H and O–H groups in total. The predicted octanol–water partition coefficient (Wildman–Crippen LogP) is 2.71. The van der Waals surface area contributed by atoms with E-state index in [1.807, 2.05) is 18.4 Å². The van der Waals surface area contributed by atoms with Gasteiger partial charge in [-0.3, -0.25) is 0 Å². The molecule has 0 amide bonds. The van der Waals surface area contributed by atoms with Gasteiger partial charge in [0.25, 0.3) is 0 Å². The molecule has 0 spiro atoms. The van der Waals surface area contributed by atoms with Gasteiger partial charge in [0.1, 0.15) is 0 Å². The molecule has 82 valence electrons. The molecule has 0 radical (unpaired) electrons. The van der Waals surface area contributed by atoms with Gasteiger partial charge in [-0.1, -0.05) is 0 Å². The van der Waals surface area contributed by atoms with Crippen molar-refractivity contribution in [2.24, 2.45) is 0 Å². The van der Waals surface area contributed by atoms with E-state index in [1.165, 1.54) is 17.0 Å². The monoisotopic (exact) mass is 254 g/mol. The Morgan fingerprint density at radius 2 is 2.36 bits per heavy atom. The maximum atomic E-state index is 3.41. The van der Waals surface area contributed by atoms with Gasteiger partial charge in [0.15, 0.2) is 0 Å². The van der Waals surface area contributed by atoms with Gasteiger partial charge in [0, 0.05) is 29.6 Å². The van der Waals surface area contributed by atoms with Crippen molar-refractivity contribution >= 4 is 41.8 Å². The number of hydrogen-bond donors (Lipinski definition) is 2. The van der Waals surface area contributed by atoms with Crippen molar-refractivity contribution < 1.29 is 0 Å². The van der Waals surface area contributed by atoms with Crippen LogP contribution >= 0.6 is 36.2 Å². The number of anilines is 1. The van der Waals surface area contributed by atoms with Crippen molar-refractivity contribution in [3.8, 4) is 0 Å². The second-order valence-electron chi connectivity index (χ2n) is 3.17. The number of halogens is 2. The highest BCUT2D eigenvalue weighted by atomic mass is 35.5. The molecule has 0 aromatic carbocycles. The van der Waals surface area contributed by atoms with E-state index in [0.717, 1.165) is 19.0 Å². The number of hydrogen-bond acceptors (Lipinski definition) is 3. The lowest BCUT2D eigenvalue weighted by Gasteiger charge is -2.23. The fourth-order valence-corrected chi connectivity index (χ4v) is 2.75. The molecule has 1 unspecified atom stereocenters. The zero-order valence-corrected chi connectivity index (χ0v) is 10.5. The average Bonchev–Trinajstić information content (AvgIpc) is 2.53.